The molecular formula is C38H41N5O6. The summed E-state index contributed by atoms with van der Waals surface area (Å²) in [7, 11) is 1.65. The lowest BCUT2D eigenvalue weighted by molar-refractivity contribution is -0.142. The van der Waals surface area contributed by atoms with Gasteiger partial charge in [-0.1, -0.05) is 45.0 Å². The van der Waals surface area contributed by atoms with E-state index in [1.165, 1.54) is 23.3 Å². The molecule has 0 bridgehead atoms. The molecule has 11 nitrogen and oxygen atoms in total. The molecule has 49 heavy (non-hydrogen) atoms. The zero-order valence-corrected chi connectivity index (χ0v) is 28.5. The van der Waals surface area contributed by atoms with Crippen LogP contribution in [0, 0.1) is 0 Å². The van der Waals surface area contributed by atoms with Crippen LogP contribution < -0.4 is 15.8 Å². The van der Waals surface area contributed by atoms with E-state index >= 15 is 0 Å². The summed E-state index contributed by atoms with van der Waals surface area (Å²) in [4.78, 5) is 60.0. The van der Waals surface area contributed by atoms with Crippen molar-refractivity contribution in [1.29, 1.82) is 0 Å². The minimum absolute atomic E-state index is 0.0359. The van der Waals surface area contributed by atoms with Crippen molar-refractivity contribution in [1.82, 2.24) is 14.5 Å². The van der Waals surface area contributed by atoms with Crippen LogP contribution in [-0.4, -0.2) is 65.1 Å². The van der Waals surface area contributed by atoms with Crippen molar-refractivity contribution in [2.24, 2.45) is 7.05 Å². The number of carbonyl (C=O) groups excluding carboxylic acids is 3. The summed E-state index contributed by atoms with van der Waals surface area (Å²) in [5, 5.41) is 3.11. The summed E-state index contributed by atoms with van der Waals surface area (Å²) >= 11 is 0. The maximum atomic E-state index is 14.0. The Balaban J connectivity index is 1.33. The van der Waals surface area contributed by atoms with Crippen LogP contribution in [0.3, 0.4) is 0 Å². The highest BCUT2D eigenvalue weighted by Crippen LogP contribution is 2.36. The second kappa shape index (κ2) is 13.7. The first-order valence-electron chi connectivity index (χ1n) is 16.4. The monoisotopic (exact) mass is 663 g/mol. The number of aryl methyl sites for hydroxylation is 1. The molecule has 6 rings (SSSR count). The maximum Gasteiger partial charge on any atom is 0.302 e. The lowest BCUT2D eigenvalue weighted by Crippen LogP contribution is -2.40. The molecule has 0 atom stereocenters. The highest BCUT2D eigenvalue weighted by Gasteiger charge is 2.30. The Bertz CT molecular complexity index is 1970. The Morgan fingerprint density at radius 2 is 1.76 bits per heavy atom. The molecule has 1 fully saturated rings. The van der Waals surface area contributed by atoms with E-state index in [2.05, 4.69) is 37.1 Å². The Morgan fingerprint density at radius 1 is 0.980 bits per heavy atom. The van der Waals surface area contributed by atoms with Gasteiger partial charge in [0.15, 0.2) is 0 Å². The van der Waals surface area contributed by atoms with Gasteiger partial charge in [-0.3, -0.25) is 19.2 Å². The lowest BCUT2D eigenvalue weighted by atomic mass is 9.84. The number of hydrogen-bond donors (Lipinski definition) is 1. The maximum absolute atomic E-state index is 14.0. The number of fused-ring (bicyclic) bond motifs is 1. The molecule has 0 spiro atoms. The van der Waals surface area contributed by atoms with E-state index in [0.29, 0.717) is 78.6 Å². The van der Waals surface area contributed by atoms with Gasteiger partial charge < -0.3 is 29.2 Å². The fourth-order valence-corrected chi connectivity index (χ4v) is 6.24. The lowest BCUT2D eigenvalue weighted by Gasteiger charge is -2.32. The smallest absolute Gasteiger partial charge is 0.302 e. The molecule has 2 aliphatic heterocycles. The van der Waals surface area contributed by atoms with E-state index in [9.17, 15) is 19.2 Å². The molecule has 0 unspecified atom stereocenters. The highest BCUT2D eigenvalue weighted by atomic mass is 16.5. The zero-order valence-electron chi connectivity index (χ0n) is 28.5. The van der Waals surface area contributed by atoms with Gasteiger partial charge >= 0.3 is 5.97 Å². The van der Waals surface area contributed by atoms with Gasteiger partial charge in [-0.05, 0) is 58.9 Å². The van der Waals surface area contributed by atoms with Gasteiger partial charge in [-0.2, -0.15) is 0 Å². The summed E-state index contributed by atoms with van der Waals surface area (Å²) in [5.41, 5.74) is 5.92. The fourth-order valence-electron chi connectivity index (χ4n) is 6.24. The molecule has 0 aliphatic carbocycles. The minimum atomic E-state index is -0.449. The molecule has 0 saturated carbocycles. The largest absolute Gasteiger partial charge is 0.461 e. The third kappa shape index (κ3) is 7.12. The highest BCUT2D eigenvalue weighted by molar-refractivity contribution is 6.09. The van der Waals surface area contributed by atoms with Crippen molar-refractivity contribution in [3.8, 4) is 11.1 Å². The predicted octanol–water partition coefficient (Wildman–Crippen LogP) is 5.23. The number of nitrogens with one attached hydrogen (secondary N) is 1. The van der Waals surface area contributed by atoms with Gasteiger partial charge in [0.05, 0.1) is 24.5 Å². The normalized spacial score (nSPS) is 14.8. The van der Waals surface area contributed by atoms with E-state index in [1.807, 2.05) is 30.3 Å². The van der Waals surface area contributed by atoms with Crippen LogP contribution in [0.5, 0.6) is 0 Å². The predicted molar refractivity (Wildman–Crippen MR) is 187 cm³/mol. The standard InChI is InChI=1S/C38H41N5O6/c1-24(44)49-23-31-29(7-6-8-33(31)43-14-13-25-19-28(38(2,3)4)10-11-30(25)36(43)46)27-20-32(37(47)41(5)22-27)40-34-12-9-26(21-39-34)35(45)42-15-17-48-18-16-42/h6-12,19-22H,13-18,23H2,1-5H3,(H,39,40). The molecule has 1 N–H and O–H groups in total. The summed E-state index contributed by atoms with van der Waals surface area (Å²) in [6.07, 6.45) is 3.88. The van der Waals surface area contributed by atoms with E-state index in [-0.39, 0.29) is 35.1 Å². The number of anilines is 3. The number of rotatable bonds is 7. The number of aromatic nitrogens is 2. The molecule has 0 radical (unpaired) electrons. The van der Waals surface area contributed by atoms with Crippen molar-refractivity contribution in [3.63, 3.8) is 0 Å². The number of morpholine rings is 1. The van der Waals surface area contributed by atoms with Crippen LogP contribution in [-0.2, 0) is 39.8 Å². The Labute approximate surface area is 285 Å². The van der Waals surface area contributed by atoms with Gasteiger partial charge in [0.1, 0.15) is 18.1 Å². The van der Waals surface area contributed by atoms with Crippen molar-refractivity contribution in [2.75, 3.05) is 43.1 Å². The average molecular weight is 664 g/mol. The van der Waals surface area contributed by atoms with E-state index in [4.69, 9.17) is 9.47 Å². The Kier molecular flexibility index (Phi) is 9.38. The number of pyridine rings is 2. The van der Waals surface area contributed by atoms with Crippen LogP contribution in [0.15, 0.2) is 71.8 Å². The second-order valence-corrected chi connectivity index (χ2v) is 13.4. The van der Waals surface area contributed by atoms with Crippen LogP contribution >= 0.6 is 0 Å². The van der Waals surface area contributed by atoms with Crippen LogP contribution in [0.4, 0.5) is 17.2 Å². The van der Waals surface area contributed by atoms with Gasteiger partial charge in [0, 0.05) is 62.7 Å². The summed E-state index contributed by atoms with van der Waals surface area (Å²) < 4.78 is 12.3. The van der Waals surface area contributed by atoms with Gasteiger partial charge in [0.25, 0.3) is 17.4 Å². The molecule has 2 aromatic carbocycles. The van der Waals surface area contributed by atoms with Crippen LogP contribution in [0.25, 0.3) is 11.1 Å². The summed E-state index contributed by atoms with van der Waals surface area (Å²) in [5.74, 6) is -0.290. The van der Waals surface area contributed by atoms with E-state index < -0.39 is 5.97 Å². The topological polar surface area (TPSA) is 123 Å². The Hall–Kier alpha value is -5.29. The number of amides is 2. The van der Waals surface area contributed by atoms with E-state index in [1.54, 1.807) is 41.2 Å². The number of carbonyl (C=O) groups is 3. The molecule has 4 heterocycles. The van der Waals surface area contributed by atoms with Gasteiger partial charge in [-0.15, -0.1) is 0 Å². The quantitative estimate of drug-likeness (QED) is 0.267. The van der Waals surface area contributed by atoms with Crippen LogP contribution in [0.2, 0.25) is 0 Å². The number of esters is 1. The second-order valence-electron chi connectivity index (χ2n) is 13.4. The average Bonchev–Trinajstić information content (AvgIpc) is 3.09. The van der Waals surface area contributed by atoms with Gasteiger partial charge in [0.2, 0.25) is 0 Å². The Morgan fingerprint density at radius 3 is 2.45 bits per heavy atom. The first-order chi connectivity index (χ1) is 23.4. The molecule has 2 amide bonds. The number of ether oxygens (including phenoxy) is 2. The first kappa shape index (κ1) is 33.6. The molecule has 254 valence electrons. The summed E-state index contributed by atoms with van der Waals surface area (Å²) in [6, 6.07) is 16.7. The minimum Gasteiger partial charge on any atom is -0.461 e. The van der Waals surface area contributed by atoms with Crippen molar-refractivity contribution in [2.45, 2.75) is 46.1 Å². The van der Waals surface area contributed by atoms with Crippen molar-refractivity contribution in [3.05, 3.63) is 105 Å². The number of hydrogen-bond acceptors (Lipinski definition) is 8. The summed E-state index contributed by atoms with van der Waals surface area (Å²) in [6.45, 7) is 10.3. The first-order valence-corrected chi connectivity index (χ1v) is 16.4. The van der Waals surface area contributed by atoms with Crippen LogP contribution in [0.1, 0.15) is 65.1 Å². The fraction of sp³-hybridized carbons (Fsp3) is 0.342. The zero-order chi connectivity index (χ0) is 34.9. The van der Waals surface area contributed by atoms with E-state index in [0.717, 1.165) is 5.56 Å². The molecule has 11 heteroatoms. The molecular weight excluding hydrogens is 622 g/mol. The third-order valence-corrected chi connectivity index (χ3v) is 8.98. The third-order valence-electron chi connectivity index (χ3n) is 8.98. The number of benzene rings is 2. The molecule has 2 aliphatic rings. The molecule has 4 aromatic rings. The van der Waals surface area contributed by atoms with Crippen molar-refractivity contribution < 1.29 is 23.9 Å². The SMILES string of the molecule is CC(=O)OCc1c(-c2cc(Nc3ccc(C(=O)N4CCOCC4)cn3)c(=O)n(C)c2)cccc1N1CCc2cc(C(C)(C)C)ccc2C1=O. The van der Waals surface area contributed by atoms with Crippen molar-refractivity contribution >= 4 is 35.0 Å². The molecule has 1 saturated heterocycles. The molecule has 2 aromatic heterocycles. The number of nitrogens with zero attached hydrogens (tertiary/aromatic N) is 4. The van der Waals surface area contributed by atoms with Gasteiger partial charge in [-0.25, -0.2) is 4.98 Å².